The molecular weight excluding hydrogens is 370 g/mol. The summed E-state index contributed by atoms with van der Waals surface area (Å²) in [5, 5.41) is 4.78. The van der Waals surface area contributed by atoms with Crippen LogP contribution in [0, 0.1) is 0 Å². The van der Waals surface area contributed by atoms with Crippen LogP contribution in [0.2, 0.25) is 5.02 Å². The van der Waals surface area contributed by atoms with Crippen molar-refractivity contribution in [3.8, 4) is 0 Å². The molecule has 0 aliphatic heterocycles. The topological polar surface area (TPSA) is 70.2 Å². The van der Waals surface area contributed by atoms with E-state index in [-0.39, 0.29) is 11.0 Å². The minimum absolute atomic E-state index is 0.0152. The second-order valence-electron chi connectivity index (χ2n) is 5.40. The van der Waals surface area contributed by atoms with Gasteiger partial charge in [-0.3, -0.25) is 25.8 Å². The molecule has 0 aromatic heterocycles. The summed E-state index contributed by atoms with van der Waals surface area (Å²) in [4.78, 5) is 24.5. The Labute approximate surface area is 160 Å². The highest BCUT2D eigenvalue weighted by atomic mass is 35.5. The van der Waals surface area contributed by atoms with Gasteiger partial charge in [0.1, 0.15) is 0 Å². The molecule has 5 nitrogen and oxygen atoms in total. The Balaban J connectivity index is 1.61. The molecule has 0 saturated carbocycles. The van der Waals surface area contributed by atoms with Gasteiger partial charge in [-0.2, -0.15) is 0 Å². The van der Waals surface area contributed by atoms with Crippen LogP contribution < -0.4 is 16.2 Å². The minimum atomic E-state index is -0.404. The molecule has 7 heteroatoms. The first-order chi connectivity index (χ1) is 12.5. The van der Waals surface area contributed by atoms with Crippen LogP contribution in [0.15, 0.2) is 66.7 Å². The lowest BCUT2D eigenvalue weighted by molar-refractivity contribution is 0.0936. The quantitative estimate of drug-likeness (QED) is 0.468. The Hall–Kier alpha value is -2.96. The van der Waals surface area contributed by atoms with E-state index in [1.165, 1.54) is 0 Å². The molecule has 2 amide bonds. The fourth-order valence-corrected chi connectivity index (χ4v) is 2.68. The van der Waals surface area contributed by atoms with E-state index in [4.69, 9.17) is 23.8 Å². The highest BCUT2D eigenvalue weighted by Crippen LogP contribution is 2.18. The number of hydrazine groups is 1. The molecule has 0 atom stereocenters. The summed E-state index contributed by atoms with van der Waals surface area (Å²) in [6.07, 6.45) is 0. The number of hydrogen-bond donors (Lipinski definition) is 3. The van der Waals surface area contributed by atoms with Gasteiger partial charge in [0.2, 0.25) is 0 Å². The van der Waals surface area contributed by atoms with Gasteiger partial charge in [-0.15, -0.1) is 0 Å². The van der Waals surface area contributed by atoms with Gasteiger partial charge in [0.05, 0.1) is 0 Å². The van der Waals surface area contributed by atoms with Crippen molar-refractivity contribution in [1.82, 2.24) is 16.2 Å². The monoisotopic (exact) mass is 383 g/mol. The lowest BCUT2D eigenvalue weighted by Gasteiger charge is -2.12. The zero-order chi connectivity index (χ0) is 18.5. The minimum Gasteiger partial charge on any atom is -0.298 e. The van der Waals surface area contributed by atoms with Gasteiger partial charge in [0, 0.05) is 16.1 Å². The summed E-state index contributed by atoms with van der Waals surface area (Å²) in [5.41, 5.74) is 5.93. The van der Waals surface area contributed by atoms with Crippen molar-refractivity contribution >= 4 is 51.5 Å². The average Bonchev–Trinajstić information content (AvgIpc) is 2.66. The highest BCUT2D eigenvalue weighted by Gasteiger charge is 2.11. The van der Waals surface area contributed by atoms with Crippen LogP contribution in [-0.4, -0.2) is 16.9 Å². The van der Waals surface area contributed by atoms with Crippen molar-refractivity contribution in [2.45, 2.75) is 0 Å². The first-order valence-electron chi connectivity index (χ1n) is 7.69. The van der Waals surface area contributed by atoms with Crippen molar-refractivity contribution in [3.63, 3.8) is 0 Å². The van der Waals surface area contributed by atoms with Crippen LogP contribution in [0.4, 0.5) is 0 Å². The van der Waals surface area contributed by atoms with E-state index in [2.05, 4.69) is 16.2 Å². The molecular formula is C19H14ClN3O2S. The van der Waals surface area contributed by atoms with Crippen molar-refractivity contribution in [3.05, 3.63) is 82.9 Å². The number of fused-ring (bicyclic) bond motifs is 1. The van der Waals surface area contributed by atoms with Crippen molar-refractivity contribution in [1.29, 1.82) is 0 Å². The standard InChI is InChI=1S/C19H14ClN3O2S/c20-14-10-8-13(9-11-14)17(24)21-19(26)23-22-18(25)16-7-3-5-12-4-1-2-6-15(12)16/h1-11H,(H,22,25)(H2,21,23,24,26). The zero-order valence-electron chi connectivity index (χ0n) is 13.5. The van der Waals surface area contributed by atoms with Crippen LogP contribution in [-0.2, 0) is 0 Å². The maximum Gasteiger partial charge on any atom is 0.270 e. The van der Waals surface area contributed by atoms with Crippen LogP contribution in [0.5, 0.6) is 0 Å². The fraction of sp³-hybridized carbons (Fsp3) is 0. The molecule has 0 aliphatic carbocycles. The van der Waals surface area contributed by atoms with Crippen LogP contribution in [0.25, 0.3) is 10.8 Å². The molecule has 0 saturated heterocycles. The van der Waals surface area contributed by atoms with Gasteiger partial charge in [0.25, 0.3) is 11.8 Å². The van der Waals surface area contributed by atoms with E-state index >= 15 is 0 Å². The average molecular weight is 384 g/mol. The van der Waals surface area contributed by atoms with E-state index in [1.54, 1.807) is 36.4 Å². The molecule has 0 spiro atoms. The summed E-state index contributed by atoms with van der Waals surface area (Å²) in [5.74, 6) is -0.761. The smallest absolute Gasteiger partial charge is 0.270 e. The third kappa shape index (κ3) is 4.17. The van der Waals surface area contributed by atoms with Gasteiger partial charge >= 0.3 is 0 Å². The summed E-state index contributed by atoms with van der Waals surface area (Å²) < 4.78 is 0. The number of thiocarbonyl (C=S) groups is 1. The number of nitrogens with one attached hydrogen (secondary N) is 3. The zero-order valence-corrected chi connectivity index (χ0v) is 15.0. The maximum absolute atomic E-state index is 12.4. The molecule has 26 heavy (non-hydrogen) atoms. The van der Waals surface area contributed by atoms with E-state index in [9.17, 15) is 9.59 Å². The Bertz CT molecular complexity index is 984. The molecule has 3 aromatic carbocycles. The van der Waals surface area contributed by atoms with Crippen molar-refractivity contribution < 1.29 is 9.59 Å². The maximum atomic E-state index is 12.4. The van der Waals surface area contributed by atoms with Crippen LogP contribution in [0.1, 0.15) is 20.7 Å². The lowest BCUT2D eigenvalue weighted by atomic mass is 10.0. The van der Waals surface area contributed by atoms with Gasteiger partial charge in [0.15, 0.2) is 5.11 Å². The number of rotatable bonds is 2. The first kappa shape index (κ1) is 17.8. The number of benzene rings is 3. The Morgan fingerprint density at radius 2 is 1.50 bits per heavy atom. The van der Waals surface area contributed by atoms with E-state index < -0.39 is 5.91 Å². The third-order valence-corrected chi connectivity index (χ3v) is 4.11. The second kappa shape index (κ2) is 7.95. The fourth-order valence-electron chi connectivity index (χ4n) is 2.41. The van der Waals surface area contributed by atoms with Crippen molar-refractivity contribution in [2.24, 2.45) is 0 Å². The molecule has 130 valence electrons. The molecule has 0 fully saturated rings. The molecule has 0 unspecified atom stereocenters. The molecule has 3 rings (SSSR count). The van der Waals surface area contributed by atoms with E-state index in [0.29, 0.717) is 16.1 Å². The summed E-state index contributed by atoms with van der Waals surface area (Å²) in [7, 11) is 0. The summed E-state index contributed by atoms with van der Waals surface area (Å²) >= 11 is 10.8. The summed E-state index contributed by atoms with van der Waals surface area (Å²) in [6.45, 7) is 0. The first-order valence-corrected chi connectivity index (χ1v) is 8.48. The highest BCUT2D eigenvalue weighted by molar-refractivity contribution is 7.80. The third-order valence-electron chi connectivity index (χ3n) is 3.66. The van der Waals surface area contributed by atoms with Crippen LogP contribution >= 0.6 is 23.8 Å². The lowest BCUT2D eigenvalue weighted by Crippen LogP contribution is -2.48. The van der Waals surface area contributed by atoms with Gasteiger partial charge in [-0.05, 0) is 53.3 Å². The number of carbonyl (C=O) groups excluding carboxylic acids is 2. The number of amides is 2. The molecule has 0 aliphatic rings. The number of carbonyl (C=O) groups is 2. The van der Waals surface area contributed by atoms with Gasteiger partial charge < -0.3 is 0 Å². The SMILES string of the molecule is O=C(NC(=S)NNC(=O)c1cccc2ccccc12)c1ccc(Cl)cc1. The molecule has 3 aromatic rings. The number of hydrogen-bond acceptors (Lipinski definition) is 3. The van der Waals surface area contributed by atoms with Gasteiger partial charge in [-0.1, -0.05) is 48.0 Å². The van der Waals surface area contributed by atoms with Crippen LogP contribution in [0.3, 0.4) is 0 Å². The molecule has 0 bridgehead atoms. The number of halogens is 1. The molecule has 0 radical (unpaired) electrons. The van der Waals surface area contributed by atoms with E-state index in [1.807, 2.05) is 30.3 Å². The predicted octanol–water partition coefficient (Wildman–Crippen LogP) is 3.44. The largest absolute Gasteiger partial charge is 0.298 e. The Kier molecular flexibility index (Phi) is 5.46. The normalized spacial score (nSPS) is 10.2. The second-order valence-corrected chi connectivity index (χ2v) is 6.24. The molecule has 0 heterocycles. The van der Waals surface area contributed by atoms with E-state index in [0.717, 1.165) is 10.8 Å². The van der Waals surface area contributed by atoms with Gasteiger partial charge in [-0.25, -0.2) is 0 Å². The Morgan fingerprint density at radius 1 is 0.808 bits per heavy atom. The summed E-state index contributed by atoms with van der Waals surface area (Å²) in [6, 6.07) is 19.4. The predicted molar refractivity (Wildman–Crippen MR) is 106 cm³/mol. The molecule has 3 N–H and O–H groups in total. The Morgan fingerprint density at radius 3 is 2.27 bits per heavy atom. The van der Waals surface area contributed by atoms with Crippen molar-refractivity contribution in [2.75, 3.05) is 0 Å².